The quantitative estimate of drug-likeness (QED) is 0.869. The first-order valence-corrected chi connectivity index (χ1v) is 9.35. The summed E-state index contributed by atoms with van der Waals surface area (Å²) >= 11 is 0. The van der Waals surface area contributed by atoms with Crippen LogP contribution in [0.25, 0.3) is 0 Å². The minimum absolute atomic E-state index is 0.155. The summed E-state index contributed by atoms with van der Waals surface area (Å²) < 4.78 is 5.30. The summed E-state index contributed by atoms with van der Waals surface area (Å²) in [5.41, 5.74) is 1.15. The number of methoxy groups -OCH3 is 1. The Morgan fingerprint density at radius 1 is 1.25 bits per heavy atom. The molecule has 1 unspecified atom stereocenters. The lowest BCUT2D eigenvalue weighted by Gasteiger charge is -2.56. The van der Waals surface area contributed by atoms with Crippen molar-refractivity contribution in [3.05, 3.63) is 30.1 Å². The van der Waals surface area contributed by atoms with Gasteiger partial charge in [-0.2, -0.15) is 0 Å². The predicted molar refractivity (Wildman–Crippen MR) is 92.2 cm³/mol. The Morgan fingerprint density at radius 2 is 1.92 bits per heavy atom. The molecule has 24 heavy (non-hydrogen) atoms. The van der Waals surface area contributed by atoms with E-state index < -0.39 is 0 Å². The molecule has 0 aliphatic heterocycles. The standard InChI is InChI=1S/C20H28N2O2/c1-24-13-18(17-4-2-3-5-21-17)22-19(23)12-20-9-14-6-15(10-20)8-16(7-14)11-20/h2-5,14-16,18H,6-13H2,1H3,(H,22,23). The zero-order valence-corrected chi connectivity index (χ0v) is 14.5. The van der Waals surface area contributed by atoms with Gasteiger partial charge in [0.1, 0.15) is 0 Å². The summed E-state index contributed by atoms with van der Waals surface area (Å²) in [5.74, 6) is 2.82. The number of ether oxygens (including phenoxy) is 1. The zero-order valence-electron chi connectivity index (χ0n) is 14.5. The number of nitrogens with zero attached hydrogens (tertiary/aromatic N) is 1. The first-order valence-electron chi connectivity index (χ1n) is 9.35. The molecule has 1 aromatic heterocycles. The number of carbonyl (C=O) groups excluding carboxylic acids is 1. The zero-order chi connectivity index (χ0) is 16.6. The molecule has 1 heterocycles. The van der Waals surface area contributed by atoms with Crippen molar-refractivity contribution in [2.75, 3.05) is 13.7 Å². The van der Waals surface area contributed by atoms with Crippen LogP contribution in [0.5, 0.6) is 0 Å². The van der Waals surface area contributed by atoms with E-state index in [1.165, 1.54) is 38.5 Å². The van der Waals surface area contributed by atoms with E-state index in [1.54, 1.807) is 13.3 Å². The van der Waals surface area contributed by atoms with E-state index in [1.807, 2.05) is 18.2 Å². The van der Waals surface area contributed by atoms with Crippen molar-refractivity contribution >= 4 is 5.91 Å². The molecule has 0 spiro atoms. The van der Waals surface area contributed by atoms with Crippen LogP contribution in [0.2, 0.25) is 0 Å². The van der Waals surface area contributed by atoms with Gasteiger partial charge in [-0.25, -0.2) is 0 Å². The van der Waals surface area contributed by atoms with Crippen LogP contribution in [-0.4, -0.2) is 24.6 Å². The third kappa shape index (κ3) is 3.21. The average Bonchev–Trinajstić information content (AvgIpc) is 2.53. The third-order valence-electron chi connectivity index (χ3n) is 6.41. The Bertz CT molecular complexity index is 551. The minimum Gasteiger partial charge on any atom is -0.382 e. The van der Waals surface area contributed by atoms with Gasteiger partial charge in [0.2, 0.25) is 5.91 Å². The molecule has 4 saturated carbocycles. The summed E-state index contributed by atoms with van der Waals surface area (Å²) in [4.78, 5) is 17.2. The number of carbonyl (C=O) groups is 1. The van der Waals surface area contributed by atoms with E-state index in [0.717, 1.165) is 23.4 Å². The van der Waals surface area contributed by atoms with Crippen molar-refractivity contribution in [2.24, 2.45) is 23.2 Å². The molecular weight excluding hydrogens is 300 g/mol. The van der Waals surface area contributed by atoms with Gasteiger partial charge in [-0.05, 0) is 73.8 Å². The number of pyridine rings is 1. The van der Waals surface area contributed by atoms with Gasteiger partial charge in [-0.3, -0.25) is 9.78 Å². The SMILES string of the molecule is COCC(NC(=O)CC12CC3CC(CC(C3)C1)C2)c1ccccn1. The van der Waals surface area contributed by atoms with E-state index in [-0.39, 0.29) is 17.4 Å². The number of amides is 1. The summed E-state index contributed by atoms with van der Waals surface area (Å²) in [5, 5.41) is 3.18. The normalized spacial score (nSPS) is 35.0. The Hall–Kier alpha value is -1.42. The summed E-state index contributed by atoms with van der Waals surface area (Å²) in [7, 11) is 1.67. The van der Waals surface area contributed by atoms with Crippen LogP contribution in [0.3, 0.4) is 0 Å². The lowest BCUT2D eigenvalue weighted by atomic mass is 9.49. The highest BCUT2D eigenvalue weighted by Gasteiger charge is 2.51. The average molecular weight is 328 g/mol. The van der Waals surface area contributed by atoms with Gasteiger partial charge in [0, 0.05) is 19.7 Å². The van der Waals surface area contributed by atoms with E-state index in [4.69, 9.17) is 4.74 Å². The van der Waals surface area contributed by atoms with Crippen molar-refractivity contribution in [3.63, 3.8) is 0 Å². The third-order valence-corrected chi connectivity index (χ3v) is 6.41. The molecule has 0 saturated heterocycles. The molecule has 1 N–H and O–H groups in total. The van der Waals surface area contributed by atoms with Crippen LogP contribution >= 0.6 is 0 Å². The van der Waals surface area contributed by atoms with E-state index in [9.17, 15) is 4.79 Å². The highest BCUT2D eigenvalue weighted by atomic mass is 16.5. The smallest absolute Gasteiger partial charge is 0.221 e. The number of rotatable bonds is 6. The Balaban J connectivity index is 1.42. The van der Waals surface area contributed by atoms with E-state index in [0.29, 0.717) is 13.0 Å². The van der Waals surface area contributed by atoms with Crippen molar-refractivity contribution in [1.82, 2.24) is 10.3 Å². The molecule has 1 atom stereocenters. The Morgan fingerprint density at radius 3 is 2.46 bits per heavy atom. The Kier molecular flexibility index (Phi) is 4.33. The molecule has 5 rings (SSSR count). The fraction of sp³-hybridized carbons (Fsp3) is 0.700. The van der Waals surface area contributed by atoms with Gasteiger partial charge in [0.25, 0.3) is 0 Å². The maximum atomic E-state index is 12.8. The van der Waals surface area contributed by atoms with Gasteiger partial charge < -0.3 is 10.1 Å². The van der Waals surface area contributed by atoms with Crippen molar-refractivity contribution in [1.29, 1.82) is 0 Å². The summed E-state index contributed by atoms with van der Waals surface area (Å²) in [6, 6.07) is 5.65. The fourth-order valence-corrected chi connectivity index (χ4v) is 6.04. The van der Waals surface area contributed by atoms with Gasteiger partial charge in [0.15, 0.2) is 0 Å². The van der Waals surface area contributed by atoms with Gasteiger partial charge in [0.05, 0.1) is 18.3 Å². The maximum Gasteiger partial charge on any atom is 0.221 e. The van der Waals surface area contributed by atoms with Gasteiger partial charge in [-0.15, -0.1) is 0 Å². The minimum atomic E-state index is -0.155. The second-order valence-electron chi connectivity index (χ2n) is 8.42. The first kappa shape index (κ1) is 16.1. The first-order chi connectivity index (χ1) is 11.7. The van der Waals surface area contributed by atoms with Crippen LogP contribution in [0.15, 0.2) is 24.4 Å². The van der Waals surface area contributed by atoms with Gasteiger partial charge >= 0.3 is 0 Å². The molecule has 4 heteroatoms. The highest BCUT2D eigenvalue weighted by Crippen LogP contribution is 2.61. The number of nitrogens with one attached hydrogen (secondary N) is 1. The predicted octanol–water partition coefficient (Wildman–Crippen LogP) is 3.49. The molecule has 0 aromatic carbocycles. The van der Waals surface area contributed by atoms with Crippen LogP contribution in [0.4, 0.5) is 0 Å². The monoisotopic (exact) mass is 328 g/mol. The maximum absolute atomic E-state index is 12.8. The molecule has 0 radical (unpaired) electrons. The number of aromatic nitrogens is 1. The van der Waals surface area contributed by atoms with Crippen molar-refractivity contribution < 1.29 is 9.53 Å². The van der Waals surface area contributed by atoms with Crippen molar-refractivity contribution in [3.8, 4) is 0 Å². The van der Waals surface area contributed by atoms with Crippen LogP contribution < -0.4 is 5.32 Å². The van der Waals surface area contributed by atoms with Crippen LogP contribution in [0, 0.1) is 23.2 Å². The van der Waals surface area contributed by atoms with E-state index in [2.05, 4.69) is 10.3 Å². The largest absolute Gasteiger partial charge is 0.382 e. The topological polar surface area (TPSA) is 51.2 Å². The summed E-state index contributed by atoms with van der Waals surface area (Å²) in [6.07, 6.45) is 10.5. The summed E-state index contributed by atoms with van der Waals surface area (Å²) in [6.45, 7) is 0.462. The second-order valence-corrected chi connectivity index (χ2v) is 8.42. The van der Waals surface area contributed by atoms with Crippen molar-refractivity contribution in [2.45, 2.75) is 51.0 Å². The van der Waals surface area contributed by atoms with Gasteiger partial charge in [-0.1, -0.05) is 6.07 Å². The molecule has 130 valence electrons. The molecule has 4 nitrogen and oxygen atoms in total. The lowest BCUT2D eigenvalue weighted by molar-refractivity contribution is -0.130. The molecule has 4 aliphatic carbocycles. The Labute approximate surface area is 144 Å². The van der Waals surface area contributed by atoms with Crippen LogP contribution in [0.1, 0.15) is 56.7 Å². The number of hydrogen-bond acceptors (Lipinski definition) is 3. The molecular formula is C20H28N2O2. The lowest BCUT2D eigenvalue weighted by Crippen LogP contribution is -2.48. The number of hydrogen-bond donors (Lipinski definition) is 1. The van der Waals surface area contributed by atoms with E-state index >= 15 is 0 Å². The fourth-order valence-electron chi connectivity index (χ4n) is 6.04. The highest BCUT2D eigenvalue weighted by molar-refractivity contribution is 5.77. The van der Waals surface area contributed by atoms with Crippen LogP contribution in [-0.2, 0) is 9.53 Å². The molecule has 1 aromatic rings. The molecule has 4 aliphatic rings. The second kappa shape index (κ2) is 6.47. The molecule has 1 amide bonds. The molecule has 4 fully saturated rings. The molecule has 4 bridgehead atoms.